The number of nitrogens with zero attached hydrogens (tertiary/aromatic N) is 1. The summed E-state index contributed by atoms with van der Waals surface area (Å²) >= 11 is 0. The molecule has 8 N–H and O–H groups in total. The van der Waals surface area contributed by atoms with Crippen LogP contribution in [-0.2, 0) is 14.4 Å². The Hall–Kier alpha value is -4.61. The molecule has 0 aromatic heterocycles. The maximum atomic E-state index is 12.6. The summed E-state index contributed by atoms with van der Waals surface area (Å²) in [6.07, 6.45) is 0.198. The number of ether oxygens (including phenoxy) is 1. The molecule has 0 saturated heterocycles. The van der Waals surface area contributed by atoms with Gasteiger partial charge in [-0.25, -0.2) is 4.99 Å². The topological polar surface area (TPSA) is 198 Å². The van der Waals surface area contributed by atoms with E-state index in [1.54, 1.807) is 36.4 Å². The Kier molecular flexibility index (Phi) is 10.0. The predicted octanol–water partition coefficient (Wildman–Crippen LogP) is 0.708. The highest BCUT2D eigenvalue weighted by molar-refractivity contribution is 6.00. The van der Waals surface area contributed by atoms with E-state index in [1.165, 1.54) is 12.1 Å². The van der Waals surface area contributed by atoms with Crippen LogP contribution in [0, 0.1) is 0 Å². The van der Waals surface area contributed by atoms with E-state index in [9.17, 15) is 19.2 Å². The summed E-state index contributed by atoms with van der Waals surface area (Å²) in [5, 5.41) is 16.4. The van der Waals surface area contributed by atoms with Crippen LogP contribution in [0.3, 0.4) is 0 Å². The van der Waals surface area contributed by atoms with Gasteiger partial charge in [-0.2, -0.15) is 0 Å². The van der Waals surface area contributed by atoms with Crippen molar-refractivity contribution in [1.29, 1.82) is 0 Å². The van der Waals surface area contributed by atoms with Gasteiger partial charge in [0.2, 0.25) is 11.8 Å². The number of carboxylic acids is 1. The van der Waals surface area contributed by atoms with Gasteiger partial charge in [-0.15, -0.1) is 0 Å². The summed E-state index contributed by atoms with van der Waals surface area (Å²) in [7, 11) is 0. The summed E-state index contributed by atoms with van der Waals surface area (Å²) in [5.74, 6) is -2.89. The maximum Gasteiger partial charge on any atom is 0.305 e. The fraction of sp³-hybridized carbons (Fsp3) is 0.261. The highest BCUT2D eigenvalue weighted by atomic mass is 16.5. The molecule has 0 spiro atoms. The van der Waals surface area contributed by atoms with Gasteiger partial charge in [0.15, 0.2) is 5.96 Å². The van der Waals surface area contributed by atoms with Crippen LogP contribution in [0.25, 0.3) is 0 Å². The SMILES string of the molecule is CCCOc1ccc(NC(=O)[C@H](CC(=O)O)NC(=O)CNC(=O)c2cccc(N=C(N)N)c2)cc1. The zero-order valence-corrected chi connectivity index (χ0v) is 19.1. The van der Waals surface area contributed by atoms with Crippen LogP contribution in [0.2, 0.25) is 0 Å². The first-order valence-corrected chi connectivity index (χ1v) is 10.7. The van der Waals surface area contributed by atoms with Crippen LogP contribution in [0.1, 0.15) is 30.1 Å². The molecule has 0 heterocycles. The van der Waals surface area contributed by atoms with Crippen LogP contribution in [0.5, 0.6) is 5.75 Å². The minimum atomic E-state index is -1.36. The molecule has 0 aliphatic carbocycles. The molecule has 0 saturated carbocycles. The Morgan fingerprint density at radius 2 is 1.80 bits per heavy atom. The number of anilines is 1. The van der Waals surface area contributed by atoms with Crippen molar-refractivity contribution in [3.63, 3.8) is 0 Å². The van der Waals surface area contributed by atoms with Gasteiger partial charge >= 0.3 is 5.97 Å². The number of amides is 3. The maximum absolute atomic E-state index is 12.6. The lowest BCUT2D eigenvalue weighted by atomic mass is 10.1. The number of rotatable bonds is 12. The molecule has 0 bridgehead atoms. The predicted molar refractivity (Wildman–Crippen MR) is 129 cm³/mol. The van der Waals surface area contributed by atoms with Crippen LogP contribution in [0.15, 0.2) is 53.5 Å². The molecule has 12 nitrogen and oxygen atoms in total. The molecule has 0 aliphatic heterocycles. The van der Waals surface area contributed by atoms with Crippen LogP contribution in [-0.4, -0.2) is 54.0 Å². The molecule has 2 aromatic rings. The molecule has 0 radical (unpaired) electrons. The lowest BCUT2D eigenvalue weighted by molar-refractivity contribution is -0.139. The van der Waals surface area contributed by atoms with Gasteiger partial charge in [0.05, 0.1) is 25.3 Å². The zero-order chi connectivity index (χ0) is 25.8. The van der Waals surface area contributed by atoms with Crippen molar-refractivity contribution < 1.29 is 29.0 Å². The van der Waals surface area contributed by atoms with Crippen LogP contribution < -0.4 is 32.2 Å². The monoisotopic (exact) mass is 484 g/mol. The average Bonchev–Trinajstić information content (AvgIpc) is 2.81. The number of carbonyl (C=O) groups excluding carboxylic acids is 3. The summed E-state index contributed by atoms with van der Waals surface area (Å²) in [5.41, 5.74) is 11.6. The fourth-order valence-corrected chi connectivity index (χ4v) is 2.84. The molecule has 3 amide bonds. The molecule has 0 fully saturated rings. The average molecular weight is 485 g/mol. The summed E-state index contributed by atoms with van der Waals surface area (Å²) in [4.78, 5) is 52.3. The van der Waals surface area contributed by atoms with E-state index in [1.807, 2.05) is 6.92 Å². The van der Waals surface area contributed by atoms with Crippen molar-refractivity contribution in [2.75, 3.05) is 18.5 Å². The molecule has 0 unspecified atom stereocenters. The Balaban J connectivity index is 1.95. The van der Waals surface area contributed by atoms with Crippen molar-refractivity contribution >= 4 is 41.0 Å². The van der Waals surface area contributed by atoms with Crippen LogP contribution in [0.4, 0.5) is 11.4 Å². The molecule has 2 aromatic carbocycles. The molecule has 35 heavy (non-hydrogen) atoms. The number of carboxylic acid groups (broad SMARTS) is 1. The normalized spacial score (nSPS) is 11.0. The summed E-state index contributed by atoms with van der Waals surface area (Å²) < 4.78 is 5.47. The number of nitrogens with two attached hydrogens (primary N) is 2. The standard InChI is InChI=1S/C23H28N6O6/c1-2-10-35-17-8-6-15(7-9-17)27-22(34)18(12-20(31)32)29-19(30)13-26-21(33)14-4-3-5-16(11-14)28-23(24)25/h3-9,11,18H,2,10,12-13H2,1H3,(H,26,33)(H,27,34)(H,29,30)(H,31,32)(H4,24,25,28)/t18-/m0/s1. The van der Waals surface area contributed by atoms with Crippen LogP contribution >= 0.6 is 0 Å². The van der Waals surface area contributed by atoms with Gasteiger partial charge in [0, 0.05) is 11.3 Å². The molecular weight excluding hydrogens is 456 g/mol. The highest BCUT2D eigenvalue weighted by Gasteiger charge is 2.24. The Morgan fingerprint density at radius 3 is 2.43 bits per heavy atom. The highest BCUT2D eigenvalue weighted by Crippen LogP contribution is 2.16. The summed E-state index contributed by atoms with van der Waals surface area (Å²) in [6, 6.07) is 11.2. The van der Waals surface area contributed by atoms with Crippen molar-refractivity contribution in [3.05, 3.63) is 54.1 Å². The zero-order valence-electron chi connectivity index (χ0n) is 19.1. The first-order valence-electron chi connectivity index (χ1n) is 10.7. The lowest BCUT2D eigenvalue weighted by Gasteiger charge is -2.17. The van der Waals surface area contributed by atoms with E-state index in [2.05, 4.69) is 20.9 Å². The number of hydrogen-bond acceptors (Lipinski definition) is 6. The minimum Gasteiger partial charge on any atom is -0.494 e. The van der Waals surface area contributed by atoms with Gasteiger partial charge in [0.1, 0.15) is 11.8 Å². The smallest absolute Gasteiger partial charge is 0.305 e. The van der Waals surface area contributed by atoms with E-state index in [0.717, 1.165) is 6.42 Å². The third-order valence-electron chi connectivity index (χ3n) is 4.40. The molecule has 186 valence electrons. The van der Waals surface area contributed by atoms with Crippen molar-refractivity contribution in [2.45, 2.75) is 25.8 Å². The number of benzene rings is 2. The van der Waals surface area contributed by atoms with E-state index in [4.69, 9.17) is 21.3 Å². The Labute approximate surface area is 201 Å². The van der Waals surface area contributed by atoms with Gasteiger partial charge in [-0.05, 0) is 48.9 Å². The number of carbonyl (C=O) groups is 4. The first-order chi connectivity index (χ1) is 16.7. The minimum absolute atomic E-state index is 0.176. The molecule has 0 aliphatic rings. The second-order valence-electron chi connectivity index (χ2n) is 7.35. The van der Waals surface area contributed by atoms with Gasteiger partial charge < -0.3 is 37.3 Å². The molecule has 12 heteroatoms. The van der Waals surface area contributed by atoms with Gasteiger partial charge in [0.25, 0.3) is 5.91 Å². The Morgan fingerprint density at radius 1 is 1.09 bits per heavy atom. The number of guanidine groups is 1. The second kappa shape index (κ2) is 13.2. The summed E-state index contributed by atoms with van der Waals surface area (Å²) in [6.45, 7) is 2.04. The Bertz CT molecular complexity index is 1080. The quantitative estimate of drug-likeness (QED) is 0.187. The fourth-order valence-electron chi connectivity index (χ4n) is 2.84. The third kappa shape index (κ3) is 9.42. The molecule has 2 rings (SSSR count). The first kappa shape index (κ1) is 26.6. The second-order valence-corrected chi connectivity index (χ2v) is 7.35. The van der Waals surface area contributed by atoms with Gasteiger partial charge in [-0.3, -0.25) is 19.2 Å². The number of nitrogens with one attached hydrogen (secondary N) is 3. The van der Waals surface area contributed by atoms with Crippen molar-refractivity contribution in [3.8, 4) is 5.75 Å². The molecule has 1 atom stereocenters. The van der Waals surface area contributed by atoms with E-state index in [-0.39, 0.29) is 11.5 Å². The van der Waals surface area contributed by atoms with E-state index >= 15 is 0 Å². The van der Waals surface area contributed by atoms with Gasteiger partial charge in [-0.1, -0.05) is 13.0 Å². The number of hydrogen-bond donors (Lipinski definition) is 6. The third-order valence-corrected chi connectivity index (χ3v) is 4.40. The number of aliphatic carboxylic acids is 1. The lowest BCUT2D eigenvalue weighted by Crippen LogP contribution is -2.48. The van der Waals surface area contributed by atoms with E-state index < -0.39 is 42.7 Å². The largest absolute Gasteiger partial charge is 0.494 e. The van der Waals surface area contributed by atoms with E-state index in [0.29, 0.717) is 23.7 Å². The number of aliphatic imine (C=N–C) groups is 1. The molecular formula is C23H28N6O6. The van der Waals surface area contributed by atoms with Crippen molar-refractivity contribution in [1.82, 2.24) is 10.6 Å². The van der Waals surface area contributed by atoms with Crippen molar-refractivity contribution in [2.24, 2.45) is 16.5 Å².